The molecule has 14 heavy (non-hydrogen) atoms. The summed E-state index contributed by atoms with van der Waals surface area (Å²) in [5.41, 5.74) is 0.821. The van der Waals surface area contributed by atoms with Crippen molar-refractivity contribution in [3.8, 4) is 0 Å². The number of rotatable bonds is 5. The Morgan fingerprint density at radius 3 is 2.50 bits per heavy atom. The minimum atomic E-state index is -0.372. The highest BCUT2D eigenvalue weighted by Gasteiger charge is 2.23. The van der Waals surface area contributed by atoms with E-state index in [-0.39, 0.29) is 5.60 Å². The maximum atomic E-state index is 10.5. The Hall–Kier alpha value is -1.15. The van der Waals surface area contributed by atoms with E-state index in [9.17, 15) is 4.79 Å². The molecule has 1 atom stereocenters. The summed E-state index contributed by atoms with van der Waals surface area (Å²) < 4.78 is 5.35. The maximum absolute atomic E-state index is 10.5. The van der Waals surface area contributed by atoms with Crippen molar-refractivity contribution < 1.29 is 9.53 Å². The molecule has 0 saturated heterocycles. The van der Waals surface area contributed by atoms with Gasteiger partial charge in [-0.05, 0) is 12.5 Å². The van der Waals surface area contributed by atoms with Crippen LogP contribution in [0.4, 0.5) is 0 Å². The van der Waals surface area contributed by atoms with Gasteiger partial charge in [-0.2, -0.15) is 0 Å². The summed E-state index contributed by atoms with van der Waals surface area (Å²) in [7, 11) is 1.65. The number of carbonyl (C=O) groups is 1. The molecule has 2 nitrogen and oxygen atoms in total. The summed E-state index contributed by atoms with van der Waals surface area (Å²) in [6, 6.07) is 10.1. The van der Waals surface area contributed by atoms with Crippen LogP contribution in [0.1, 0.15) is 18.9 Å². The minimum Gasteiger partial charge on any atom is -0.378 e. The molecule has 0 aromatic heterocycles. The van der Waals surface area contributed by atoms with Crippen molar-refractivity contribution >= 4 is 6.29 Å². The summed E-state index contributed by atoms with van der Waals surface area (Å²) in [5, 5.41) is 0. The van der Waals surface area contributed by atoms with Crippen LogP contribution in [0, 0.1) is 0 Å². The van der Waals surface area contributed by atoms with E-state index >= 15 is 0 Å². The second kappa shape index (κ2) is 4.91. The Bertz CT molecular complexity index is 282. The number of carbonyl (C=O) groups excluding carboxylic acids is 1. The van der Waals surface area contributed by atoms with E-state index in [0.717, 1.165) is 12.7 Å². The molecular weight excluding hydrogens is 176 g/mol. The third kappa shape index (κ3) is 2.96. The average molecular weight is 192 g/mol. The van der Waals surface area contributed by atoms with E-state index in [4.69, 9.17) is 4.74 Å². The number of benzene rings is 1. The average Bonchev–Trinajstić information content (AvgIpc) is 2.20. The van der Waals surface area contributed by atoms with Gasteiger partial charge < -0.3 is 9.53 Å². The highest BCUT2D eigenvalue weighted by Crippen LogP contribution is 2.19. The normalized spacial score (nSPS) is 14.7. The topological polar surface area (TPSA) is 26.3 Å². The zero-order valence-corrected chi connectivity index (χ0v) is 8.69. The highest BCUT2D eigenvalue weighted by molar-refractivity contribution is 5.51. The van der Waals surface area contributed by atoms with Gasteiger partial charge in [-0.25, -0.2) is 0 Å². The molecule has 1 unspecified atom stereocenters. The summed E-state index contributed by atoms with van der Waals surface area (Å²) >= 11 is 0. The summed E-state index contributed by atoms with van der Waals surface area (Å²) in [6.45, 7) is 1.95. The second-order valence-corrected chi connectivity index (χ2v) is 3.69. The zero-order chi connectivity index (χ0) is 10.4. The van der Waals surface area contributed by atoms with Crippen molar-refractivity contribution in [3.05, 3.63) is 35.9 Å². The highest BCUT2D eigenvalue weighted by atomic mass is 16.5. The third-order valence-corrected chi connectivity index (χ3v) is 2.43. The lowest BCUT2D eigenvalue weighted by molar-refractivity contribution is -0.113. The molecule has 0 N–H and O–H groups in total. The van der Waals surface area contributed by atoms with Crippen LogP contribution in [0.2, 0.25) is 0 Å². The second-order valence-electron chi connectivity index (χ2n) is 3.69. The van der Waals surface area contributed by atoms with Gasteiger partial charge in [0.2, 0.25) is 0 Å². The fourth-order valence-electron chi connectivity index (χ4n) is 1.43. The molecule has 76 valence electrons. The number of methoxy groups -OCH3 is 1. The first kappa shape index (κ1) is 10.9. The van der Waals surface area contributed by atoms with E-state index in [2.05, 4.69) is 0 Å². The Kier molecular flexibility index (Phi) is 3.84. The largest absolute Gasteiger partial charge is 0.378 e. The quantitative estimate of drug-likeness (QED) is 0.669. The molecule has 2 heteroatoms. The van der Waals surface area contributed by atoms with Crippen LogP contribution in [0.25, 0.3) is 0 Å². The molecule has 0 aliphatic carbocycles. The summed E-state index contributed by atoms with van der Waals surface area (Å²) in [5.74, 6) is 0. The Morgan fingerprint density at radius 1 is 1.36 bits per heavy atom. The van der Waals surface area contributed by atoms with Crippen LogP contribution in [0.5, 0.6) is 0 Å². The van der Waals surface area contributed by atoms with E-state index < -0.39 is 0 Å². The molecule has 1 rings (SSSR count). The fraction of sp³-hybridized carbons (Fsp3) is 0.417. The van der Waals surface area contributed by atoms with Crippen LogP contribution in [0.15, 0.2) is 30.3 Å². The fourth-order valence-corrected chi connectivity index (χ4v) is 1.43. The van der Waals surface area contributed by atoms with Crippen molar-refractivity contribution in [1.82, 2.24) is 0 Å². The van der Waals surface area contributed by atoms with Crippen LogP contribution >= 0.6 is 0 Å². The van der Waals surface area contributed by atoms with Gasteiger partial charge in [0, 0.05) is 20.0 Å². The molecular formula is C12H16O2. The van der Waals surface area contributed by atoms with Gasteiger partial charge in [0.1, 0.15) is 6.29 Å². The summed E-state index contributed by atoms with van der Waals surface area (Å²) in [4.78, 5) is 10.5. The molecule has 0 fully saturated rings. The standard InChI is InChI=1S/C12H16O2/c1-12(14-2,8-9-13)10-11-6-4-3-5-7-11/h3-7,9H,8,10H2,1-2H3. The lowest BCUT2D eigenvalue weighted by Crippen LogP contribution is -2.30. The van der Waals surface area contributed by atoms with Gasteiger partial charge in [0.05, 0.1) is 5.60 Å². The van der Waals surface area contributed by atoms with Gasteiger partial charge in [-0.15, -0.1) is 0 Å². The zero-order valence-electron chi connectivity index (χ0n) is 8.69. The Morgan fingerprint density at radius 2 is 2.00 bits per heavy atom. The van der Waals surface area contributed by atoms with Gasteiger partial charge in [-0.3, -0.25) is 0 Å². The molecule has 0 spiro atoms. The minimum absolute atomic E-state index is 0.372. The lowest BCUT2D eigenvalue weighted by Gasteiger charge is -2.25. The molecule has 1 aromatic rings. The number of hydrogen-bond donors (Lipinski definition) is 0. The first-order valence-corrected chi connectivity index (χ1v) is 4.73. The third-order valence-electron chi connectivity index (χ3n) is 2.43. The number of hydrogen-bond acceptors (Lipinski definition) is 2. The van der Waals surface area contributed by atoms with Gasteiger partial charge >= 0.3 is 0 Å². The molecule has 0 radical (unpaired) electrons. The predicted molar refractivity (Wildman–Crippen MR) is 56.2 cm³/mol. The first-order chi connectivity index (χ1) is 6.70. The van der Waals surface area contributed by atoms with Crippen molar-refractivity contribution in [3.63, 3.8) is 0 Å². The smallest absolute Gasteiger partial charge is 0.122 e. The van der Waals surface area contributed by atoms with Crippen molar-refractivity contribution in [2.45, 2.75) is 25.4 Å². The van der Waals surface area contributed by atoms with Crippen molar-refractivity contribution in [1.29, 1.82) is 0 Å². The van der Waals surface area contributed by atoms with Gasteiger partial charge in [-0.1, -0.05) is 30.3 Å². The van der Waals surface area contributed by atoms with Crippen LogP contribution in [-0.2, 0) is 16.0 Å². The van der Waals surface area contributed by atoms with Crippen LogP contribution < -0.4 is 0 Å². The molecule has 0 aliphatic rings. The van der Waals surface area contributed by atoms with Gasteiger partial charge in [0.15, 0.2) is 0 Å². The molecule has 0 heterocycles. The molecule has 0 amide bonds. The predicted octanol–water partition coefficient (Wildman–Crippen LogP) is 2.22. The van der Waals surface area contributed by atoms with Crippen molar-refractivity contribution in [2.24, 2.45) is 0 Å². The number of aldehydes is 1. The molecule has 1 aromatic carbocycles. The van der Waals surface area contributed by atoms with Crippen LogP contribution in [0.3, 0.4) is 0 Å². The van der Waals surface area contributed by atoms with E-state index in [1.807, 2.05) is 37.3 Å². The lowest BCUT2D eigenvalue weighted by atomic mass is 9.93. The van der Waals surface area contributed by atoms with E-state index in [0.29, 0.717) is 6.42 Å². The molecule has 0 aliphatic heterocycles. The van der Waals surface area contributed by atoms with Crippen LogP contribution in [-0.4, -0.2) is 19.0 Å². The Labute approximate surface area is 84.9 Å². The maximum Gasteiger partial charge on any atom is 0.122 e. The van der Waals surface area contributed by atoms with E-state index in [1.54, 1.807) is 7.11 Å². The van der Waals surface area contributed by atoms with Crippen molar-refractivity contribution in [2.75, 3.05) is 7.11 Å². The Balaban J connectivity index is 2.70. The first-order valence-electron chi connectivity index (χ1n) is 4.73. The van der Waals surface area contributed by atoms with E-state index in [1.165, 1.54) is 5.56 Å². The summed E-state index contributed by atoms with van der Waals surface area (Å²) in [6.07, 6.45) is 2.11. The molecule has 0 bridgehead atoms. The van der Waals surface area contributed by atoms with Gasteiger partial charge in [0.25, 0.3) is 0 Å². The monoisotopic (exact) mass is 192 g/mol. The molecule has 0 saturated carbocycles. The number of ether oxygens (including phenoxy) is 1. The SMILES string of the molecule is COC(C)(CC=O)Cc1ccccc1.